The molecule has 80 valence electrons. The first-order chi connectivity index (χ1) is 7.08. The summed E-state index contributed by atoms with van der Waals surface area (Å²) < 4.78 is 0. The van der Waals surface area contributed by atoms with Gasteiger partial charge in [0, 0.05) is 17.8 Å². The molecule has 1 aromatic heterocycles. The quantitative estimate of drug-likeness (QED) is 0.744. The zero-order valence-electron chi connectivity index (χ0n) is 7.63. The highest BCUT2D eigenvalue weighted by Gasteiger charge is 2.24. The number of hydrogen-bond acceptors (Lipinski definition) is 4. The van der Waals surface area contributed by atoms with E-state index >= 15 is 0 Å². The third-order valence-electron chi connectivity index (χ3n) is 2.18. The standard InChI is InChI=1S/C8H8N2O4S/c11-7(12)6-9-4-1-2-10(8(13)14)3-5(4)15-6/h1-3H2,(H,11,12)(H,13,14). The average Bonchev–Trinajstić information content (AvgIpc) is 2.59. The van der Waals surface area contributed by atoms with Crippen molar-refractivity contribution in [2.24, 2.45) is 0 Å². The van der Waals surface area contributed by atoms with Crippen LogP contribution in [0, 0.1) is 0 Å². The Morgan fingerprint density at radius 3 is 2.73 bits per heavy atom. The van der Waals surface area contributed by atoms with Crippen LogP contribution in [0.3, 0.4) is 0 Å². The Morgan fingerprint density at radius 2 is 2.13 bits per heavy atom. The van der Waals surface area contributed by atoms with Crippen molar-refractivity contribution < 1.29 is 19.8 Å². The van der Waals surface area contributed by atoms with Gasteiger partial charge in [-0.3, -0.25) is 0 Å². The molecule has 0 spiro atoms. The molecule has 0 aliphatic carbocycles. The number of aromatic nitrogens is 1. The average molecular weight is 228 g/mol. The van der Waals surface area contributed by atoms with Crippen LogP contribution in [0.2, 0.25) is 0 Å². The van der Waals surface area contributed by atoms with Crippen molar-refractivity contribution in [2.45, 2.75) is 13.0 Å². The van der Waals surface area contributed by atoms with Crippen LogP contribution in [-0.2, 0) is 13.0 Å². The lowest BCUT2D eigenvalue weighted by Crippen LogP contribution is -2.34. The zero-order chi connectivity index (χ0) is 11.0. The van der Waals surface area contributed by atoms with E-state index in [1.807, 2.05) is 0 Å². The number of fused-ring (bicyclic) bond motifs is 1. The predicted octanol–water partition coefficient (Wildman–Crippen LogP) is 0.877. The van der Waals surface area contributed by atoms with E-state index in [1.165, 1.54) is 4.90 Å². The maximum Gasteiger partial charge on any atom is 0.407 e. The lowest BCUT2D eigenvalue weighted by molar-refractivity contribution is 0.0696. The Balaban J connectivity index is 2.26. The van der Waals surface area contributed by atoms with Crippen LogP contribution in [-0.4, -0.2) is 38.7 Å². The van der Waals surface area contributed by atoms with Gasteiger partial charge in [0.05, 0.1) is 12.2 Å². The number of carboxylic acids is 1. The summed E-state index contributed by atoms with van der Waals surface area (Å²) in [6.45, 7) is 0.626. The van der Waals surface area contributed by atoms with Crippen molar-refractivity contribution in [3.63, 3.8) is 0 Å². The summed E-state index contributed by atoms with van der Waals surface area (Å²) in [4.78, 5) is 27.3. The van der Waals surface area contributed by atoms with Crippen LogP contribution in [0.1, 0.15) is 20.4 Å². The van der Waals surface area contributed by atoms with Crippen molar-refractivity contribution >= 4 is 23.4 Å². The number of hydrogen-bond donors (Lipinski definition) is 2. The van der Waals surface area contributed by atoms with E-state index in [0.29, 0.717) is 13.0 Å². The van der Waals surface area contributed by atoms with Gasteiger partial charge < -0.3 is 15.1 Å². The lowest BCUT2D eigenvalue weighted by atomic mass is 10.2. The van der Waals surface area contributed by atoms with Gasteiger partial charge in [0.25, 0.3) is 0 Å². The summed E-state index contributed by atoms with van der Waals surface area (Å²) >= 11 is 1.05. The third kappa shape index (κ3) is 1.78. The second kappa shape index (κ2) is 3.50. The highest BCUT2D eigenvalue weighted by Crippen LogP contribution is 2.25. The van der Waals surface area contributed by atoms with Gasteiger partial charge in [0.15, 0.2) is 0 Å². The first-order valence-electron chi connectivity index (χ1n) is 4.27. The molecule has 1 amide bonds. The summed E-state index contributed by atoms with van der Waals surface area (Å²) in [5, 5.41) is 17.5. The third-order valence-corrected chi connectivity index (χ3v) is 3.26. The van der Waals surface area contributed by atoms with Gasteiger partial charge in [-0.1, -0.05) is 0 Å². The van der Waals surface area contributed by atoms with Crippen molar-refractivity contribution in [1.29, 1.82) is 0 Å². The zero-order valence-corrected chi connectivity index (χ0v) is 8.45. The fourth-order valence-electron chi connectivity index (χ4n) is 1.45. The number of nitrogens with zero attached hydrogens (tertiary/aromatic N) is 2. The van der Waals surface area contributed by atoms with E-state index in [9.17, 15) is 9.59 Å². The molecular weight excluding hydrogens is 220 g/mol. The minimum Gasteiger partial charge on any atom is -0.476 e. The summed E-state index contributed by atoms with van der Waals surface area (Å²) in [5.74, 6) is -1.06. The summed E-state index contributed by atoms with van der Waals surface area (Å²) in [5.41, 5.74) is 0.718. The van der Waals surface area contributed by atoms with Crippen LogP contribution >= 0.6 is 11.3 Å². The molecule has 0 saturated carbocycles. The van der Waals surface area contributed by atoms with E-state index < -0.39 is 12.1 Å². The van der Waals surface area contributed by atoms with Crippen LogP contribution in [0.25, 0.3) is 0 Å². The van der Waals surface area contributed by atoms with E-state index in [0.717, 1.165) is 21.9 Å². The Morgan fingerprint density at radius 1 is 1.40 bits per heavy atom. The van der Waals surface area contributed by atoms with E-state index in [2.05, 4.69) is 4.98 Å². The second-order valence-corrected chi connectivity index (χ2v) is 4.23. The molecule has 2 rings (SSSR count). The molecule has 0 bridgehead atoms. The molecule has 2 N–H and O–H groups in total. The number of thiazole rings is 1. The van der Waals surface area contributed by atoms with Gasteiger partial charge in [-0.25, -0.2) is 14.6 Å². The molecule has 1 aromatic rings. The molecule has 0 saturated heterocycles. The SMILES string of the molecule is O=C(O)c1nc2c(s1)CN(C(=O)O)CC2. The van der Waals surface area contributed by atoms with Crippen molar-refractivity contribution in [2.75, 3.05) is 6.54 Å². The first-order valence-corrected chi connectivity index (χ1v) is 5.09. The summed E-state index contributed by atoms with van der Waals surface area (Å²) in [7, 11) is 0. The summed E-state index contributed by atoms with van der Waals surface area (Å²) in [6.07, 6.45) is -0.489. The predicted molar refractivity (Wildman–Crippen MR) is 51.2 cm³/mol. The second-order valence-electron chi connectivity index (χ2n) is 3.15. The Hall–Kier alpha value is -1.63. The molecule has 1 aliphatic rings. The fraction of sp³-hybridized carbons (Fsp3) is 0.375. The molecule has 0 aromatic carbocycles. The minimum absolute atomic E-state index is 0.0345. The maximum atomic E-state index is 10.7. The van der Waals surface area contributed by atoms with E-state index in [4.69, 9.17) is 10.2 Å². The Bertz CT molecular complexity index is 428. The van der Waals surface area contributed by atoms with Crippen LogP contribution in [0.15, 0.2) is 0 Å². The van der Waals surface area contributed by atoms with Gasteiger partial charge >= 0.3 is 12.1 Å². The molecule has 1 aliphatic heterocycles. The Kier molecular flexibility index (Phi) is 2.31. The summed E-state index contributed by atoms with van der Waals surface area (Å²) in [6, 6.07) is 0. The van der Waals surface area contributed by atoms with Gasteiger partial charge in [0.2, 0.25) is 5.01 Å². The first kappa shape index (κ1) is 9.91. The van der Waals surface area contributed by atoms with E-state index in [-0.39, 0.29) is 11.6 Å². The number of amides is 1. The molecule has 0 radical (unpaired) electrons. The van der Waals surface area contributed by atoms with E-state index in [1.54, 1.807) is 0 Å². The fourth-order valence-corrected chi connectivity index (χ4v) is 2.41. The molecule has 0 fully saturated rings. The van der Waals surface area contributed by atoms with Gasteiger partial charge in [0.1, 0.15) is 0 Å². The van der Waals surface area contributed by atoms with Gasteiger partial charge in [-0.2, -0.15) is 0 Å². The van der Waals surface area contributed by atoms with Crippen molar-refractivity contribution in [3.8, 4) is 0 Å². The van der Waals surface area contributed by atoms with Crippen molar-refractivity contribution in [1.82, 2.24) is 9.88 Å². The number of carbonyl (C=O) groups is 2. The van der Waals surface area contributed by atoms with Crippen molar-refractivity contribution in [3.05, 3.63) is 15.6 Å². The highest BCUT2D eigenvalue weighted by atomic mass is 32.1. The monoisotopic (exact) mass is 228 g/mol. The lowest BCUT2D eigenvalue weighted by Gasteiger charge is -2.22. The van der Waals surface area contributed by atoms with Gasteiger partial charge in [-0.05, 0) is 0 Å². The molecule has 15 heavy (non-hydrogen) atoms. The largest absolute Gasteiger partial charge is 0.476 e. The number of carboxylic acid groups (broad SMARTS) is 2. The normalized spacial score (nSPS) is 14.8. The molecule has 2 heterocycles. The molecular formula is C8H8N2O4S. The van der Waals surface area contributed by atoms with Crippen LogP contribution < -0.4 is 0 Å². The molecule has 0 unspecified atom stereocenters. The molecule has 7 heteroatoms. The molecule has 6 nitrogen and oxygen atoms in total. The Labute approximate surface area is 88.8 Å². The minimum atomic E-state index is -1.06. The molecule has 0 atom stereocenters. The smallest absolute Gasteiger partial charge is 0.407 e. The highest BCUT2D eigenvalue weighted by molar-refractivity contribution is 7.13. The van der Waals surface area contributed by atoms with Gasteiger partial charge in [-0.15, -0.1) is 11.3 Å². The number of rotatable bonds is 1. The van der Waals surface area contributed by atoms with Crippen LogP contribution in [0.4, 0.5) is 4.79 Å². The van der Waals surface area contributed by atoms with Crippen LogP contribution in [0.5, 0.6) is 0 Å². The number of aromatic carboxylic acids is 1. The topological polar surface area (TPSA) is 90.7 Å². The maximum absolute atomic E-state index is 10.7.